The predicted octanol–water partition coefficient (Wildman–Crippen LogP) is 2.34. The number of nitrogens with two attached hydrogens (primary N) is 1. The Morgan fingerprint density at radius 3 is 2.62 bits per heavy atom. The first-order valence-electron chi connectivity index (χ1n) is 7.36. The van der Waals surface area contributed by atoms with Crippen LogP contribution in [0.15, 0.2) is 53.1 Å². The molecule has 4 heteroatoms. The smallest absolute Gasteiger partial charge is 0.240 e. The van der Waals surface area contributed by atoms with Crippen LogP contribution in [-0.2, 0) is 17.8 Å². The second kappa shape index (κ2) is 6.14. The molecular weight excluding hydrogens is 264 g/mol. The molecule has 0 bridgehead atoms. The lowest BCUT2D eigenvalue weighted by molar-refractivity contribution is -0.134. The number of carbonyl (C=O) groups excluding carboxylic acids is 1. The molecule has 1 heterocycles. The molecule has 1 aromatic carbocycles. The first kappa shape index (κ1) is 13.9. The maximum Gasteiger partial charge on any atom is 0.240 e. The highest BCUT2D eigenvalue weighted by Crippen LogP contribution is 2.29. The van der Waals surface area contributed by atoms with Crippen LogP contribution in [0.2, 0.25) is 0 Å². The molecule has 0 aliphatic heterocycles. The van der Waals surface area contributed by atoms with Gasteiger partial charge < -0.3 is 15.1 Å². The summed E-state index contributed by atoms with van der Waals surface area (Å²) in [6.07, 6.45) is 4.32. The number of hydrogen-bond acceptors (Lipinski definition) is 3. The number of nitrogens with zero attached hydrogens (tertiary/aromatic N) is 1. The Hall–Kier alpha value is -2.07. The summed E-state index contributed by atoms with van der Waals surface area (Å²) in [6, 6.07) is 13.5. The van der Waals surface area contributed by atoms with Gasteiger partial charge in [0, 0.05) is 6.04 Å². The fourth-order valence-corrected chi connectivity index (χ4v) is 2.51. The van der Waals surface area contributed by atoms with E-state index in [-0.39, 0.29) is 5.91 Å². The van der Waals surface area contributed by atoms with Gasteiger partial charge in [-0.2, -0.15) is 0 Å². The largest absolute Gasteiger partial charge is 0.467 e. The van der Waals surface area contributed by atoms with Crippen LogP contribution in [0, 0.1) is 0 Å². The fourth-order valence-electron chi connectivity index (χ4n) is 2.51. The lowest BCUT2D eigenvalue weighted by Crippen LogP contribution is -2.45. The summed E-state index contributed by atoms with van der Waals surface area (Å²) in [4.78, 5) is 14.5. The lowest BCUT2D eigenvalue weighted by atomic mass is 10.1. The van der Waals surface area contributed by atoms with E-state index >= 15 is 0 Å². The number of furan rings is 1. The van der Waals surface area contributed by atoms with Crippen molar-refractivity contribution in [1.29, 1.82) is 0 Å². The van der Waals surface area contributed by atoms with Gasteiger partial charge in [0.2, 0.25) is 5.91 Å². The van der Waals surface area contributed by atoms with E-state index in [0.29, 0.717) is 19.0 Å². The average molecular weight is 284 g/mol. The Balaban J connectivity index is 1.66. The molecule has 1 aliphatic carbocycles. The van der Waals surface area contributed by atoms with Gasteiger partial charge in [-0.3, -0.25) is 4.79 Å². The van der Waals surface area contributed by atoms with E-state index in [0.717, 1.165) is 24.2 Å². The van der Waals surface area contributed by atoms with Crippen LogP contribution in [0.1, 0.15) is 24.2 Å². The Morgan fingerprint density at radius 2 is 2.00 bits per heavy atom. The molecular formula is C17H20N2O2. The molecule has 1 fully saturated rings. The van der Waals surface area contributed by atoms with Crippen molar-refractivity contribution in [3.63, 3.8) is 0 Å². The molecule has 1 aliphatic rings. The van der Waals surface area contributed by atoms with Crippen LogP contribution in [0.5, 0.6) is 0 Å². The Morgan fingerprint density at radius 1 is 1.24 bits per heavy atom. The van der Waals surface area contributed by atoms with Gasteiger partial charge in [-0.1, -0.05) is 30.3 Å². The SMILES string of the molecule is N[C@H](Cc1ccccc1)C(=O)N(Cc1ccco1)C1CC1. The van der Waals surface area contributed by atoms with Crippen molar-refractivity contribution in [2.24, 2.45) is 5.73 Å². The molecule has 1 amide bonds. The van der Waals surface area contributed by atoms with Crippen LogP contribution in [0.3, 0.4) is 0 Å². The summed E-state index contributed by atoms with van der Waals surface area (Å²) >= 11 is 0. The van der Waals surface area contributed by atoms with Crippen molar-refractivity contribution in [3.05, 3.63) is 60.1 Å². The van der Waals surface area contributed by atoms with Gasteiger partial charge in [-0.15, -0.1) is 0 Å². The van der Waals surface area contributed by atoms with Crippen molar-refractivity contribution in [3.8, 4) is 0 Å². The van der Waals surface area contributed by atoms with E-state index in [1.54, 1.807) is 6.26 Å². The topological polar surface area (TPSA) is 59.5 Å². The molecule has 1 atom stereocenters. The van der Waals surface area contributed by atoms with Crippen molar-refractivity contribution < 1.29 is 9.21 Å². The third-order valence-electron chi connectivity index (χ3n) is 3.79. The average Bonchev–Trinajstić information content (AvgIpc) is 3.21. The minimum absolute atomic E-state index is 0.0118. The van der Waals surface area contributed by atoms with Crippen LogP contribution >= 0.6 is 0 Å². The fraction of sp³-hybridized carbons (Fsp3) is 0.353. The number of rotatable bonds is 6. The van der Waals surface area contributed by atoms with Gasteiger partial charge in [-0.25, -0.2) is 0 Å². The second-order valence-corrected chi connectivity index (χ2v) is 5.57. The van der Waals surface area contributed by atoms with Crippen LogP contribution in [0.25, 0.3) is 0 Å². The van der Waals surface area contributed by atoms with Crippen molar-refractivity contribution in [1.82, 2.24) is 4.90 Å². The summed E-state index contributed by atoms with van der Waals surface area (Å²) in [5.41, 5.74) is 7.21. The van der Waals surface area contributed by atoms with E-state index in [9.17, 15) is 4.79 Å². The van der Waals surface area contributed by atoms with Gasteiger partial charge in [0.15, 0.2) is 0 Å². The number of amides is 1. The quantitative estimate of drug-likeness (QED) is 0.885. The zero-order valence-electron chi connectivity index (χ0n) is 11.9. The van der Waals surface area contributed by atoms with Gasteiger partial charge in [-0.05, 0) is 37.0 Å². The molecule has 0 saturated heterocycles. The molecule has 21 heavy (non-hydrogen) atoms. The van der Waals surface area contributed by atoms with E-state index in [4.69, 9.17) is 10.2 Å². The Kier molecular flexibility index (Phi) is 4.06. The highest BCUT2D eigenvalue weighted by molar-refractivity contribution is 5.82. The first-order chi connectivity index (χ1) is 10.2. The molecule has 2 aromatic rings. The van der Waals surface area contributed by atoms with Crippen LogP contribution in [-0.4, -0.2) is 22.9 Å². The van der Waals surface area contributed by atoms with Crippen LogP contribution < -0.4 is 5.73 Å². The zero-order chi connectivity index (χ0) is 14.7. The highest BCUT2D eigenvalue weighted by Gasteiger charge is 2.35. The van der Waals surface area contributed by atoms with Crippen molar-refractivity contribution in [2.45, 2.75) is 37.9 Å². The molecule has 2 N–H and O–H groups in total. The third-order valence-corrected chi connectivity index (χ3v) is 3.79. The van der Waals surface area contributed by atoms with E-state index in [1.807, 2.05) is 47.4 Å². The minimum atomic E-state index is -0.497. The van der Waals surface area contributed by atoms with Gasteiger partial charge in [0.1, 0.15) is 5.76 Å². The molecule has 110 valence electrons. The van der Waals surface area contributed by atoms with Crippen molar-refractivity contribution >= 4 is 5.91 Å². The standard InChI is InChI=1S/C17H20N2O2/c18-16(11-13-5-2-1-3-6-13)17(20)19(14-8-9-14)12-15-7-4-10-21-15/h1-7,10,14,16H,8-9,11-12,18H2/t16-/m1/s1. The molecule has 0 spiro atoms. The Labute approximate surface area is 124 Å². The molecule has 4 nitrogen and oxygen atoms in total. The summed E-state index contributed by atoms with van der Waals surface area (Å²) in [5, 5.41) is 0. The Bertz CT molecular complexity index is 576. The maximum atomic E-state index is 12.6. The van der Waals surface area contributed by atoms with Gasteiger partial charge in [0.05, 0.1) is 18.8 Å². The van der Waals surface area contributed by atoms with E-state index < -0.39 is 6.04 Å². The predicted molar refractivity (Wildman–Crippen MR) is 80.4 cm³/mol. The first-order valence-corrected chi connectivity index (χ1v) is 7.36. The zero-order valence-corrected chi connectivity index (χ0v) is 11.9. The maximum absolute atomic E-state index is 12.6. The summed E-state index contributed by atoms with van der Waals surface area (Å²) in [5.74, 6) is 0.819. The number of hydrogen-bond donors (Lipinski definition) is 1. The summed E-state index contributed by atoms with van der Waals surface area (Å²) in [6.45, 7) is 0.513. The summed E-state index contributed by atoms with van der Waals surface area (Å²) in [7, 11) is 0. The highest BCUT2D eigenvalue weighted by atomic mass is 16.3. The van der Waals surface area contributed by atoms with Gasteiger partial charge >= 0.3 is 0 Å². The molecule has 3 rings (SSSR count). The molecule has 0 radical (unpaired) electrons. The van der Waals surface area contributed by atoms with E-state index in [1.165, 1.54) is 0 Å². The summed E-state index contributed by atoms with van der Waals surface area (Å²) < 4.78 is 5.36. The molecule has 1 saturated carbocycles. The second-order valence-electron chi connectivity index (χ2n) is 5.57. The number of carbonyl (C=O) groups is 1. The number of benzene rings is 1. The monoisotopic (exact) mass is 284 g/mol. The minimum Gasteiger partial charge on any atom is -0.467 e. The van der Waals surface area contributed by atoms with Gasteiger partial charge in [0.25, 0.3) is 0 Å². The van der Waals surface area contributed by atoms with Crippen LogP contribution in [0.4, 0.5) is 0 Å². The third kappa shape index (κ3) is 3.52. The normalized spacial score (nSPS) is 15.7. The lowest BCUT2D eigenvalue weighted by Gasteiger charge is -2.25. The molecule has 0 unspecified atom stereocenters. The van der Waals surface area contributed by atoms with Crippen molar-refractivity contribution in [2.75, 3.05) is 0 Å². The van der Waals surface area contributed by atoms with E-state index in [2.05, 4.69) is 0 Å². The molecule has 1 aromatic heterocycles.